The van der Waals surface area contributed by atoms with Crippen LogP contribution in [0.25, 0.3) is 0 Å². The SMILES string of the molecule is CC1Cc2ccccc2N1CC(=O)Nc1cccc(C(=O)Nc2cccc(C(F)(F)F)c2)c1. The van der Waals surface area contributed by atoms with Gasteiger partial charge in [-0.1, -0.05) is 30.3 Å². The molecule has 2 N–H and O–H groups in total. The summed E-state index contributed by atoms with van der Waals surface area (Å²) >= 11 is 0. The Hall–Kier alpha value is -3.81. The zero-order chi connectivity index (χ0) is 23.6. The number of para-hydroxylation sites is 1. The van der Waals surface area contributed by atoms with Gasteiger partial charge < -0.3 is 15.5 Å². The third-order valence-corrected chi connectivity index (χ3v) is 5.52. The smallest absolute Gasteiger partial charge is 0.359 e. The van der Waals surface area contributed by atoms with Crippen molar-refractivity contribution in [3.8, 4) is 0 Å². The predicted molar refractivity (Wildman–Crippen MR) is 121 cm³/mol. The van der Waals surface area contributed by atoms with Gasteiger partial charge in [0, 0.05) is 28.7 Å². The third kappa shape index (κ3) is 5.16. The molecule has 0 saturated carbocycles. The van der Waals surface area contributed by atoms with Crippen LogP contribution in [0.5, 0.6) is 0 Å². The second kappa shape index (κ2) is 8.97. The van der Waals surface area contributed by atoms with Gasteiger partial charge in [0.15, 0.2) is 0 Å². The minimum Gasteiger partial charge on any atom is -0.359 e. The molecule has 5 nitrogen and oxygen atoms in total. The molecule has 3 aromatic carbocycles. The summed E-state index contributed by atoms with van der Waals surface area (Å²) < 4.78 is 38.7. The Kier molecular flexibility index (Phi) is 6.09. The van der Waals surface area contributed by atoms with E-state index in [4.69, 9.17) is 0 Å². The molecule has 170 valence electrons. The topological polar surface area (TPSA) is 61.4 Å². The van der Waals surface area contributed by atoms with Crippen molar-refractivity contribution in [1.29, 1.82) is 0 Å². The molecule has 1 aliphatic rings. The van der Waals surface area contributed by atoms with Gasteiger partial charge in [-0.05, 0) is 61.4 Å². The number of nitrogens with one attached hydrogen (secondary N) is 2. The fourth-order valence-corrected chi connectivity index (χ4v) is 3.94. The molecule has 0 radical (unpaired) electrons. The van der Waals surface area contributed by atoms with Crippen molar-refractivity contribution in [3.05, 3.63) is 89.5 Å². The number of hydrogen-bond donors (Lipinski definition) is 2. The molecule has 1 aliphatic heterocycles. The molecule has 0 saturated heterocycles. The highest BCUT2D eigenvalue weighted by Crippen LogP contribution is 2.32. The van der Waals surface area contributed by atoms with Crippen LogP contribution in [0.15, 0.2) is 72.8 Å². The number of hydrogen-bond acceptors (Lipinski definition) is 3. The minimum atomic E-state index is -4.50. The van der Waals surface area contributed by atoms with Gasteiger partial charge in [0.25, 0.3) is 5.91 Å². The fraction of sp³-hybridized carbons (Fsp3) is 0.200. The van der Waals surface area contributed by atoms with Crippen LogP contribution in [-0.2, 0) is 17.4 Å². The molecular weight excluding hydrogens is 431 g/mol. The van der Waals surface area contributed by atoms with Gasteiger partial charge in [-0.15, -0.1) is 0 Å². The van der Waals surface area contributed by atoms with Gasteiger partial charge in [-0.3, -0.25) is 9.59 Å². The largest absolute Gasteiger partial charge is 0.416 e. The molecule has 33 heavy (non-hydrogen) atoms. The highest BCUT2D eigenvalue weighted by molar-refractivity contribution is 6.05. The van der Waals surface area contributed by atoms with Crippen LogP contribution in [0.4, 0.5) is 30.2 Å². The summed E-state index contributed by atoms with van der Waals surface area (Å²) in [7, 11) is 0. The van der Waals surface area contributed by atoms with Gasteiger partial charge in [-0.2, -0.15) is 13.2 Å². The molecule has 1 atom stereocenters. The van der Waals surface area contributed by atoms with Crippen molar-refractivity contribution >= 4 is 28.9 Å². The van der Waals surface area contributed by atoms with Crippen molar-refractivity contribution in [2.75, 3.05) is 22.1 Å². The van der Waals surface area contributed by atoms with E-state index in [2.05, 4.69) is 23.6 Å². The van der Waals surface area contributed by atoms with Crippen molar-refractivity contribution in [2.24, 2.45) is 0 Å². The molecule has 3 aromatic rings. The summed E-state index contributed by atoms with van der Waals surface area (Å²) in [6.45, 7) is 2.23. The average Bonchev–Trinajstić information content (AvgIpc) is 3.08. The number of nitrogens with zero attached hydrogens (tertiary/aromatic N) is 1. The van der Waals surface area contributed by atoms with E-state index in [9.17, 15) is 22.8 Å². The first-order valence-corrected chi connectivity index (χ1v) is 10.4. The molecule has 2 amide bonds. The lowest BCUT2D eigenvalue weighted by atomic mass is 10.1. The molecule has 0 aromatic heterocycles. The lowest BCUT2D eigenvalue weighted by Crippen LogP contribution is -2.37. The molecule has 0 aliphatic carbocycles. The van der Waals surface area contributed by atoms with Crippen LogP contribution >= 0.6 is 0 Å². The van der Waals surface area contributed by atoms with Crippen molar-refractivity contribution in [1.82, 2.24) is 0 Å². The molecule has 8 heteroatoms. The van der Waals surface area contributed by atoms with Gasteiger partial charge in [0.05, 0.1) is 12.1 Å². The van der Waals surface area contributed by atoms with E-state index in [1.54, 1.807) is 12.1 Å². The van der Waals surface area contributed by atoms with Gasteiger partial charge >= 0.3 is 6.18 Å². The lowest BCUT2D eigenvalue weighted by Gasteiger charge is -2.24. The Bertz CT molecular complexity index is 1190. The number of rotatable bonds is 5. The van der Waals surface area contributed by atoms with E-state index in [0.29, 0.717) is 5.69 Å². The van der Waals surface area contributed by atoms with Crippen molar-refractivity contribution in [2.45, 2.75) is 25.6 Å². The number of halogens is 3. The van der Waals surface area contributed by atoms with Crippen molar-refractivity contribution < 1.29 is 22.8 Å². The number of benzene rings is 3. The van der Waals surface area contributed by atoms with E-state index in [0.717, 1.165) is 24.2 Å². The van der Waals surface area contributed by atoms with Crippen LogP contribution in [0, 0.1) is 0 Å². The molecule has 0 bridgehead atoms. The normalized spacial score (nSPS) is 15.2. The second-order valence-corrected chi connectivity index (χ2v) is 7.97. The monoisotopic (exact) mass is 453 g/mol. The van der Waals surface area contributed by atoms with Crippen LogP contribution in [-0.4, -0.2) is 24.4 Å². The first-order chi connectivity index (χ1) is 15.7. The summed E-state index contributed by atoms with van der Waals surface area (Å²) in [6.07, 6.45) is -3.63. The number of anilines is 3. The maximum Gasteiger partial charge on any atom is 0.416 e. The number of carbonyl (C=O) groups excluding carboxylic acids is 2. The Labute approximate surface area is 189 Å². The first-order valence-electron chi connectivity index (χ1n) is 10.4. The Morgan fingerprint density at radius 2 is 1.64 bits per heavy atom. The summed E-state index contributed by atoms with van der Waals surface area (Å²) in [5, 5.41) is 5.27. The van der Waals surface area contributed by atoms with E-state index in [-0.39, 0.29) is 29.7 Å². The standard InChI is InChI=1S/C25H22F3N3O2/c1-16-12-17-6-2-3-11-22(17)31(16)15-23(32)29-20-9-4-7-18(13-20)24(33)30-21-10-5-8-19(14-21)25(26,27)28/h2-11,13-14,16H,12,15H2,1H3,(H,29,32)(H,30,33). The summed E-state index contributed by atoms with van der Waals surface area (Å²) in [6, 6.07) is 18.8. The van der Waals surface area contributed by atoms with E-state index in [1.807, 2.05) is 23.1 Å². The first kappa shape index (κ1) is 22.4. The van der Waals surface area contributed by atoms with E-state index in [1.165, 1.54) is 29.8 Å². The number of fused-ring (bicyclic) bond motifs is 1. The Morgan fingerprint density at radius 1 is 0.939 bits per heavy atom. The van der Waals surface area contributed by atoms with Crippen LogP contribution < -0.4 is 15.5 Å². The van der Waals surface area contributed by atoms with Gasteiger partial charge in [0.2, 0.25) is 5.91 Å². The maximum atomic E-state index is 12.9. The highest BCUT2D eigenvalue weighted by atomic mass is 19.4. The van der Waals surface area contributed by atoms with Crippen LogP contribution in [0.2, 0.25) is 0 Å². The molecule has 4 rings (SSSR count). The maximum absolute atomic E-state index is 12.9. The Balaban J connectivity index is 1.42. The zero-order valence-corrected chi connectivity index (χ0v) is 17.8. The molecular formula is C25H22F3N3O2. The van der Waals surface area contributed by atoms with Gasteiger partial charge in [-0.25, -0.2) is 0 Å². The summed E-state index contributed by atoms with van der Waals surface area (Å²) in [5.41, 5.74) is 2.06. The molecule has 0 fully saturated rings. The van der Waals surface area contributed by atoms with E-state index >= 15 is 0 Å². The summed E-state index contributed by atoms with van der Waals surface area (Å²) in [4.78, 5) is 27.3. The minimum absolute atomic E-state index is 0.0333. The van der Waals surface area contributed by atoms with Crippen molar-refractivity contribution in [3.63, 3.8) is 0 Å². The van der Waals surface area contributed by atoms with Crippen LogP contribution in [0.3, 0.4) is 0 Å². The zero-order valence-electron chi connectivity index (χ0n) is 17.8. The average molecular weight is 453 g/mol. The van der Waals surface area contributed by atoms with E-state index < -0.39 is 17.6 Å². The fourth-order valence-electron chi connectivity index (χ4n) is 3.94. The molecule has 1 heterocycles. The molecule has 1 unspecified atom stereocenters. The van der Waals surface area contributed by atoms with Crippen LogP contribution in [0.1, 0.15) is 28.4 Å². The molecule has 0 spiro atoms. The Morgan fingerprint density at radius 3 is 2.39 bits per heavy atom. The lowest BCUT2D eigenvalue weighted by molar-refractivity contribution is -0.137. The second-order valence-electron chi connectivity index (χ2n) is 7.97. The number of carbonyl (C=O) groups is 2. The predicted octanol–water partition coefficient (Wildman–Crippen LogP) is 5.35. The number of alkyl halides is 3. The third-order valence-electron chi connectivity index (χ3n) is 5.52. The number of amides is 2. The highest BCUT2D eigenvalue weighted by Gasteiger charge is 2.30. The summed E-state index contributed by atoms with van der Waals surface area (Å²) in [5.74, 6) is -0.804. The quantitative estimate of drug-likeness (QED) is 0.548. The van der Waals surface area contributed by atoms with Gasteiger partial charge in [0.1, 0.15) is 0 Å².